The van der Waals surface area contributed by atoms with Gasteiger partial charge in [-0.05, 0) is 83.5 Å². The lowest BCUT2D eigenvalue weighted by molar-refractivity contribution is -0.166. The van der Waals surface area contributed by atoms with Gasteiger partial charge in [-0.2, -0.15) is 0 Å². The topological polar surface area (TPSA) is 78.9 Å². The van der Waals surface area contributed by atoms with E-state index in [0.29, 0.717) is 12.8 Å². The summed E-state index contributed by atoms with van der Waals surface area (Å²) >= 11 is 0. The summed E-state index contributed by atoms with van der Waals surface area (Å²) in [4.78, 5) is 37.9. The van der Waals surface area contributed by atoms with Crippen LogP contribution in [0.4, 0.5) is 0 Å². The molecule has 65 heavy (non-hydrogen) atoms. The molecule has 0 radical (unpaired) electrons. The molecular weight excluding hydrogens is 805 g/mol. The molecule has 1 unspecified atom stereocenters. The second kappa shape index (κ2) is 53.5. The van der Waals surface area contributed by atoms with Crippen molar-refractivity contribution in [2.45, 2.75) is 271 Å². The van der Waals surface area contributed by atoms with Crippen molar-refractivity contribution in [3.63, 3.8) is 0 Å². The summed E-state index contributed by atoms with van der Waals surface area (Å²) in [7, 11) is 0. The molecule has 0 aliphatic carbocycles. The van der Waals surface area contributed by atoms with Crippen molar-refractivity contribution < 1.29 is 28.6 Å². The van der Waals surface area contributed by atoms with Gasteiger partial charge in [0.1, 0.15) is 13.2 Å². The Labute approximate surface area is 402 Å². The maximum Gasteiger partial charge on any atom is 0.309 e. The predicted molar refractivity (Wildman–Crippen MR) is 279 cm³/mol. The highest BCUT2D eigenvalue weighted by atomic mass is 16.6. The van der Waals surface area contributed by atoms with Crippen molar-refractivity contribution in [3.8, 4) is 0 Å². The lowest BCUT2D eigenvalue weighted by Crippen LogP contribution is -2.30. The monoisotopic (exact) mass is 907 g/mol. The average Bonchev–Trinajstić information content (AvgIpc) is 3.30. The smallest absolute Gasteiger partial charge is 0.309 e. The van der Waals surface area contributed by atoms with Gasteiger partial charge in [0.25, 0.3) is 0 Å². The molecule has 0 aromatic carbocycles. The number of esters is 3. The summed E-state index contributed by atoms with van der Waals surface area (Å²) in [5.74, 6) is -1.04. The Morgan fingerprint density at radius 1 is 0.354 bits per heavy atom. The van der Waals surface area contributed by atoms with Crippen molar-refractivity contribution in [3.05, 3.63) is 72.9 Å². The Morgan fingerprint density at radius 2 is 0.708 bits per heavy atom. The quantitative estimate of drug-likeness (QED) is 0.0199. The molecule has 0 aromatic rings. The van der Waals surface area contributed by atoms with Crippen LogP contribution in [0.3, 0.4) is 0 Å². The van der Waals surface area contributed by atoms with Gasteiger partial charge in [-0.25, -0.2) is 0 Å². The molecule has 0 aliphatic rings. The number of carbonyl (C=O) groups excluding carboxylic acids is 3. The van der Waals surface area contributed by atoms with E-state index in [9.17, 15) is 14.4 Å². The molecule has 0 saturated heterocycles. The molecule has 0 aromatic heterocycles. The first-order valence-corrected chi connectivity index (χ1v) is 27.5. The molecule has 0 N–H and O–H groups in total. The van der Waals surface area contributed by atoms with Gasteiger partial charge in [0.2, 0.25) is 0 Å². The van der Waals surface area contributed by atoms with Crippen LogP contribution in [0.5, 0.6) is 0 Å². The maximum atomic E-state index is 12.8. The van der Waals surface area contributed by atoms with E-state index in [4.69, 9.17) is 14.2 Å². The van der Waals surface area contributed by atoms with Crippen molar-refractivity contribution >= 4 is 17.9 Å². The van der Waals surface area contributed by atoms with Gasteiger partial charge >= 0.3 is 17.9 Å². The van der Waals surface area contributed by atoms with E-state index in [-0.39, 0.29) is 31.6 Å². The molecule has 0 spiro atoms. The largest absolute Gasteiger partial charge is 0.462 e. The highest BCUT2D eigenvalue weighted by Gasteiger charge is 2.19. The van der Waals surface area contributed by atoms with E-state index < -0.39 is 12.1 Å². The van der Waals surface area contributed by atoms with Crippen molar-refractivity contribution in [1.82, 2.24) is 0 Å². The number of hydrogen-bond acceptors (Lipinski definition) is 6. The molecular formula is C59H102O6. The van der Waals surface area contributed by atoms with Crippen LogP contribution in [0.1, 0.15) is 265 Å². The lowest BCUT2D eigenvalue weighted by Gasteiger charge is -2.18. The molecule has 374 valence electrons. The lowest BCUT2D eigenvalue weighted by atomic mass is 10.1. The highest BCUT2D eigenvalue weighted by Crippen LogP contribution is 2.15. The van der Waals surface area contributed by atoms with E-state index >= 15 is 0 Å². The fraction of sp³-hybridized carbons (Fsp3) is 0.746. The van der Waals surface area contributed by atoms with E-state index in [1.807, 2.05) is 6.08 Å². The minimum absolute atomic E-state index is 0.105. The van der Waals surface area contributed by atoms with Gasteiger partial charge in [-0.1, -0.05) is 235 Å². The minimum Gasteiger partial charge on any atom is -0.462 e. The van der Waals surface area contributed by atoms with Gasteiger partial charge < -0.3 is 14.2 Å². The molecule has 0 saturated carbocycles. The summed E-state index contributed by atoms with van der Waals surface area (Å²) < 4.78 is 16.7. The molecule has 0 rings (SSSR count). The third-order valence-electron chi connectivity index (χ3n) is 11.7. The van der Waals surface area contributed by atoms with Crippen molar-refractivity contribution in [2.24, 2.45) is 0 Å². The number of unbranched alkanes of at least 4 members (excludes halogenated alkanes) is 28. The summed E-state index contributed by atoms with van der Waals surface area (Å²) in [6.07, 6.45) is 67.9. The minimum atomic E-state index is -0.813. The fourth-order valence-corrected chi connectivity index (χ4v) is 7.61. The van der Waals surface area contributed by atoms with Crippen LogP contribution >= 0.6 is 0 Å². The highest BCUT2D eigenvalue weighted by molar-refractivity contribution is 5.72. The third-order valence-corrected chi connectivity index (χ3v) is 11.7. The number of carbonyl (C=O) groups is 3. The van der Waals surface area contributed by atoms with Crippen LogP contribution in [0, 0.1) is 0 Å². The SMILES string of the molecule is CC/C=C\C/C=C\C/C=C\CC(=O)OCC(COC(=O)CCCCCCCCCCCC/C=C\C=C/CCCCC)OC(=O)CCCCCCCCC/C=C\CCCCCCCCCC. The standard InChI is InChI=1S/C59H102O6/c1-4-7-10-13-16-19-21-23-25-27-29-31-33-35-37-40-43-46-49-52-58(61)64-55-56(54-63-57(60)51-48-45-42-39-18-15-12-9-6-3)65-59(62)53-50-47-44-41-38-36-34-32-30-28-26-24-22-20-17-14-11-8-5-2/h9,12,16,18-19,21,23,28,30,39,45,48,56H,4-8,10-11,13-15,17,20,22,24-27,29,31-38,40-44,46-47,49-55H2,1-3H3/b12-9-,19-16-,23-21-,30-28-,39-18-,48-45-. The molecule has 0 fully saturated rings. The van der Waals surface area contributed by atoms with Crippen LogP contribution < -0.4 is 0 Å². The Morgan fingerprint density at radius 3 is 1.18 bits per heavy atom. The number of rotatable bonds is 49. The van der Waals surface area contributed by atoms with Crippen LogP contribution in [-0.2, 0) is 28.6 Å². The van der Waals surface area contributed by atoms with E-state index in [2.05, 4.69) is 81.5 Å². The maximum absolute atomic E-state index is 12.8. The molecule has 6 heteroatoms. The Bertz CT molecular complexity index is 1230. The predicted octanol–water partition coefficient (Wildman–Crippen LogP) is 18.2. The van der Waals surface area contributed by atoms with Crippen LogP contribution in [0.15, 0.2) is 72.9 Å². The van der Waals surface area contributed by atoms with E-state index in [1.54, 1.807) is 6.08 Å². The second-order valence-electron chi connectivity index (χ2n) is 18.2. The van der Waals surface area contributed by atoms with Crippen molar-refractivity contribution in [1.29, 1.82) is 0 Å². The molecule has 1 atom stereocenters. The molecule has 0 bridgehead atoms. The van der Waals surface area contributed by atoms with Gasteiger partial charge in [0.05, 0.1) is 6.42 Å². The number of ether oxygens (including phenoxy) is 3. The third kappa shape index (κ3) is 51.7. The average molecular weight is 907 g/mol. The zero-order valence-corrected chi connectivity index (χ0v) is 42.7. The molecule has 6 nitrogen and oxygen atoms in total. The van der Waals surface area contributed by atoms with E-state index in [0.717, 1.165) is 57.8 Å². The van der Waals surface area contributed by atoms with Gasteiger partial charge in [0.15, 0.2) is 6.10 Å². The second-order valence-corrected chi connectivity index (χ2v) is 18.2. The number of hydrogen-bond donors (Lipinski definition) is 0. The molecule has 0 amide bonds. The first-order valence-electron chi connectivity index (χ1n) is 27.5. The summed E-state index contributed by atoms with van der Waals surface area (Å²) in [5, 5.41) is 0. The Hall–Kier alpha value is -3.15. The summed E-state index contributed by atoms with van der Waals surface area (Å²) in [6, 6.07) is 0. The van der Waals surface area contributed by atoms with Crippen LogP contribution in [0.2, 0.25) is 0 Å². The van der Waals surface area contributed by atoms with Gasteiger partial charge in [-0.15, -0.1) is 0 Å². The Kier molecular flexibility index (Phi) is 50.9. The zero-order valence-electron chi connectivity index (χ0n) is 42.7. The first kappa shape index (κ1) is 61.9. The molecule has 0 heterocycles. The fourth-order valence-electron chi connectivity index (χ4n) is 7.61. The Balaban J connectivity index is 4.33. The van der Waals surface area contributed by atoms with Crippen LogP contribution in [-0.4, -0.2) is 37.2 Å². The number of allylic oxidation sites excluding steroid dienone is 11. The summed E-state index contributed by atoms with van der Waals surface area (Å²) in [5.41, 5.74) is 0. The van der Waals surface area contributed by atoms with Crippen molar-refractivity contribution in [2.75, 3.05) is 13.2 Å². The van der Waals surface area contributed by atoms with Gasteiger partial charge in [0, 0.05) is 12.8 Å². The normalized spacial score (nSPS) is 12.6. The first-order chi connectivity index (χ1) is 32.0. The van der Waals surface area contributed by atoms with E-state index in [1.165, 1.54) is 167 Å². The zero-order chi connectivity index (χ0) is 47.2. The van der Waals surface area contributed by atoms with Gasteiger partial charge in [-0.3, -0.25) is 14.4 Å². The summed E-state index contributed by atoms with van der Waals surface area (Å²) in [6.45, 7) is 6.40. The van der Waals surface area contributed by atoms with Crippen LogP contribution in [0.25, 0.3) is 0 Å². The molecule has 0 aliphatic heterocycles.